The van der Waals surface area contributed by atoms with Gasteiger partial charge < -0.3 is 19.7 Å². The van der Waals surface area contributed by atoms with Crippen molar-refractivity contribution >= 4 is 0 Å². The molecule has 6 fully saturated rings. The van der Waals surface area contributed by atoms with Gasteiger partial charge in [0.2, 0.25) is 0 Å². The third-order valence-electron chi connectivity index (χ3n) is 11.9. The molecule has 13 atom stereocenters. The third-order valence-corrected chi connectivity index (χ3v) is 11.9. The van der Waals surface area contributed by atoms with Gasteiger partial charge in [-0.3, -0.25) is 0 Å². The van der Waals surface area contributed by atoms with E-state index in [1.54, 1.807) is 0 Å². The first-order valence-electron chi connectivity index (χ1n) is 13.4. The molecule has 2 N–H and O–H groups in total. The van der Waals surface area contributed by atoms with Crippen molar-refractivity contribution in [1.82, 2.24) is 0 Å². The van der Waals surface area contributed by atoms with Crippen LogP contribution in [-0.4, -0.2) is 40.9 Å². The topological polar surface area (TPSA) is 58.9 Å². The molecule has 0 bridgehead atoms. The molecule has 6 aliphatic rings. The van der Waals surface area contributed by atoms with Crippen LogP contribution in [0, 0.1) is 52.3 Å². The van der Waals surface area contributed by atoms with E-state index in [0.29, 0.717) is 52.9 Å². The molecule has 0 aromatic rings. The predicted molar refractivity (Wildman–Crippen MR) is 119 cm³/mol. The Kier molecular flexibility index (Phi) is 4.78. The van der Waals surface area contributed by atoms with E-state index in [-0.39, 0.29) is 23.4 Å². The predicted octanol–water partition coefficient (Wildman–Crippen LogP) is 4.76. The van der Waals surface area contributed by atoms with Crippen LogP contribution in [0.5, 0.6) is 0 Å². The summed E-state index contributed by atoms with van der Waals surface area (Å²) in [6.07, 6.45) is 9.62. The number of aliphatic hydroxyl groups is 2. The first-order valence-corrected chi connectivity index (χ1v) is 13.4. The minimum atomic E-state index is -0.353. The molecule has 4 aliphatic carbocycles. The average molecular weight is 433 g/mol. The molecular formula is C27H44O4. The lowest BCUT2D eigenvalue weighted by atomic mass is 9.43. The normalized spacial score (nSPS) is 63.3. The second-order valence-electron chi connectivity index (χ2n) is 13.2. The van der Waals surface area contributed by atoms with E-state index < -0.39 is 0 Å². The second-order valence-corrected chi connectivity index (χ2v) is 13.2. The van der Waals surface area contributed by atoms with Crippen LogP contribution < -0.4 is 0 Å². The van der Waals surface area contributed by atoms with Gasteiger partial charge in [-0.15, -0.1) is 0 Å². The van der Waals surface area contributed by atoms with E-state index in [1.165, 1.54) is 19.3 Å². The van der Waals surface area contributed by atoms with Gasteiger partial charge in [-0.25, -0.2) is 0 Å². The van der Waals surface area contributed by atoms with Crippen molar-refractivity contribution in [2.45, 2.75) is 110 Å². The largest absolute Gasteiger partial charge is 0.393 e. The van der Waals surface area contributed by atoms with Crippen molar-refractivity contribution in [1.29, 1.82) is 0 Å². The minimum Gasteiger partial charge on any atom is -0.393 e. The standard InChI is InChI=1S/C27H44O4/c1-15-5-10-27(30-14-15)16(2)24-22(31-27)13-20-23-19(7-9-26(20,24)4)25(3)8-6-18(28)11-17(25)12-21(23)29/h15-24,28-29H,5-14H2,1-4H3/t15-,16-,17-,18-,19-,20-,21+,22-,23+,24-,25-,26-,27+/m0/s1. The number of ether oxygens (including phenoxy) is 2. The molecule has 2 aliphatic heterocycles. The van der Waals surface area contributed by atoms with Crippen LogP contribution in [0.15, 0.2) is 0 Å². The summed E-state index contributed by atoms with van der Waals surface area (Å²) < 4.78 is 13.3. The Bertz CT molecular complexity index is 716. The van der Waals surface area contributed by atoms with Gasteiger partial charge in [0.1, 0.15) is 0 Å². The molecular weight excluding hydrogens is 388 g/mol. The highest BCUT2D eigenvalue weighted by Gasteiger charge is 2.70. The molecule has 4 saturated carbocycles. The van der Waals surface area contributed by atoms with Crippen molar-refractivity contribution in [2.24, 2.45) is 52.3 Å². The van der Waals surface area contributed by atoms with Crippen molar-refractivity contribution in [3.05, 3.63) is 0 Å². The maximum Gasteiger partial charge on any atom is 0.171 e. The molecule has 1 spiro atoms. The van der Waals surface area contributed by atoms with E-state index in [0.717, 1.165) is 45.1 Å². The highest BCUT2D eigenvalue weighted by Crippen LogP contribution is 2.71. The highest BCUT2D eigenvalue weighted by molar-refractivity contribution is 5.16. The molecule has 0 aromatic heterocycles. The second kappa shape index (κ2) is 6.93. The lowest BCUT2D eigenvalue weighted by Crippen LogP contribution is -2.59. The zero-order valence-corrected chi connectivity index (χ0v) is 20.1. The number of fused-ring (bicyclic) bond motifs is 7. The summed E-state index contributed by atoms with van der Waals surface area (Å²) in [7, 11) is 0. The maximum atomic E-state index is 11.5. The smallest absolute Gasteiger partial charge is 0.171 e. The molecule has 0 aromatic carbocycles. The summed E-state index contributed by atoms with van der Waals surface area (Å²) in [5.41, 5.74) is 0.540. The van der Waals surface area contributed by atoms with Crippen LogP contribution in [-0.2, 0) is 9.47 Å². The fourth-order valence-corrected chi connectivity index (χ4v) is 10.2. The molecule has 0 amide bonds. The van der Waals surface area contributed by atoms with Crippen LogP contribution in [0.1, 0.15) is 85.5 Å². The molecule has 2 heterocycles. The molecule has 6 rings (SSSR count). The Morgan fingerprint density at radius 3 is 2.35 bits per heavy atom. The monoisotopic (exact) mass is 432 g/mol. The summed E-state index contributed by atoms with van der Waals surface area (Å²) in [6, 6.07) is 0. The zero-order valence-electron chi connectivity index (χ0n) is 20.1. The molecule has 0 radical (unpaired) electrons. The van der Waals surface area contributed by atoms with E-state index in [9.17, 15) is 10.2 Å². The SMILES string of the molecule is C[C@H]1CC[C@@]2(OC1)O[C@H]1C[C@H]3[C@@H]4[C@H](O)C[C@@H]5C[C@@H](O)CC[C@]5(C)[C@H]4CC[C@]3(C)[C@H]1[C@@H]2C. The Balaban J connectivity index is 1.29. The average Bonchev–Trinajstić information content (AvgIpc) is 3.16. The van der Waals surface area contributed by atoms with Crippen LogP contribution in [0.3, 0.4) is 0 Å². The van der Waals surface area contributed by atoms with Gasteiger partial charge in [-0.2, -0.15) is 0 Å². The van der Waals surface area contributed by atoms with Crippen molar-refractivity contribution in [3.63, 3.8) is 0 Å². The molecule has 2 saturated heterocycles. The molecule has 176 valence electrons. The fraction of sp³-hybridized carbons (Fsp3) is 1.00. The number of aliphatic hydroxyl groups excluding tert-OH is 2. The van der Waals surface area contributed by atoms with Gasteiger partial charge in [-0.1, -0.05) is 27.7 Å². The van der Waals surface area contributed by atoms with Gasteiger partial charge in [-0.05, 0) is 97.7 Å². The molecule has 31 heavy (non-hydrogen) atoms. The Morgan fingerprint density at radius 2 is 1.61 bits per heavy atom. The Hall–Kier alpha value is -0.160. The highest BCUT2D eigenvalue weighted by atomic mass is 16.7. The van der Waals surface area contributed by atoms with Gasteiger partial charge in [0.05, 0.1) is 24.9 Å². The molecule has 4 nitrogen and oxygen atoms in total. The fourth-order valence-electron chi connectivity index (χ4n) is 10.2. The lowest BCUT2D eigenvalue weighted by Gasteiger charge is -2.62. The number of hydrogen-bond donors (Lipinski definition) is 2. The van der Waals surface area contributed by atoms with Gasteiger partial charge in [0.25, 0.3) is 0 Å². The van der Waals surface area contributed by atoms with Crippen LogP contribution in [0.2, 0.25) is 0 Å². The first kappa shape index (κ1) is 21.4. The summed E-state index contributed by atoms with van der Waals surface area (Å²) >= 11 is 0. The maximum absolute atomic E-state index is 11.5. The third kappa shape index (κ3) is 2.80. The molecule has 0 unspecified atom stereocenters. The lowest BCUT2D eigenvalue weighted by molar-refractivity contribution is -0.274. The van der Waals surface area contributed by atoms with E-state index in [1.807, 2.05) is 0 Å². The summed E-state index contributed by atoms with van der Waals surface area (Å²) in [4.78, 5) is 0. The summed E-state index contributed by atoms with van der Waals surface area (Å²) in [6.45, 7) is 10.6. The van der Waals surface area contributed by atoms with Crippen molar-refractivity contribution < 1.29 is 19.7 Å². The number of rotatable bonds is 0. The van der Waals surface area contributed by atoms with Gasteiger partial charge in [0.15, 0.2) is 5.79 Å². The van der Waals surface area contributed by atoms with E-state index >= 15 is 0 Å². The quantitative estimate of drug-likeness (QED) is 0.579. The first-order chi connectivity index (χ1) is 14.7. The number of hydrogen-bond acceptors (Lipinski definition) is 4. The van der Waals surface area contributed by atoms with Crippen LogP contribution >= 0.6 is 0 Å². The van der Waals surface area contributed by atoms with Crippen LogP contribution in [0.25, 0.3) is 0 Å². The Morgan fingerprint density at radius 1 is 0.839 bits per heavy atom. The Labute approximate surface area is 188 Å². The minimum absolute atomic E-state index is 0.162. The summed E-state index contributed by atoms with van der Waals surface area (Å²) in [5.74, 6) is 3.32. The van der Waals surface area contributed by atoms with Gasteiger partial charge >= 0.3 is 0 Å². The summed E-state index contributed by atoms with van der Waals surface area (Å²) in [5, 5.41) is 21.8. The van der Waals surface area contributed by atoms with Crippen molar-refractivity contribution in [2.75, 3.05) is 6.61 Å². The zero-order chi connectivity index (χ0) is 21.8. The van der Waals surface area contributed by atoms with Crippen LogP contribution in [0.4, 0.5) is 0 Å². The van der Waals surface area contributed by atoms with Crippen molar-refractivity contribution in [3.8, 4) is 0 Å². The van der Waals surface area contributed by atoms with Gasteiger partial charge in [0, 0.05) is 12.3 Å². The van der Waals surface area contributed by atoms with E-state index in [2.05, 4.69) is 27.7 Å². The van der Waals surface area contributed by atoms with E-state index in [4.69, 9.17) is 9.47 Å². The molecule has 4 heteroatoms.